The molecule has 1 saturated heterocycles. The molecule has 0 unspecified atom stereocenters. The quantitative estimate of drug-likeness (QED) is 0.788. The highest BCUT2D eigenvalue weighted by molar-refractivity contribution is 6.38. The molecule has 2 aromatic rings. The molecule has 9 heteroatoms. The summed E-state index contributed by atoms with van der Waals surface area (Å²) in [7, 11) is 0. The second kappa shape index (κ2) is 7.64. The molecule has 2 N–H and O–H groups in total. The van der Waals surface area contributed by atoms with Gasteiger partial charge in [-0.05, 0) is 24.6 Å². The first kappa shape index (κ1) is 18.0. The lowest BCUT2D eigenvalue weighted by Gasteiger charge is -2.21. The van der Waals surface area contributed by atoms with Gasteiger partial charge in [0, 0.05) is 37.2 Å². The van der Waals surface area contributed by atoms with E-state index >= 15 is 0 Å². The van der Waals surface area contributed by atoms with Crippen LogP contribution in [0.15, 0.2) is 30.6 Å². The Hall–Kier alpha value is -1.76. The largest absolute Gasteiger partial charge is 0.367 e. The van der Waals surface area contributed by atoms with Gasteiger partial charge in [0.15, 0.2) is 0 Å². The van der Waals surface area contributed by atoms with Crippen molar-refractivity contribution in [3.05, 3.63) is 51.5 Å². The molecule has 1 atom stereocenters. The van der Waals surface area contributed by atoms with Gasteiger partial charge < -0.3 is 15.5 Å². The summed E-state index contributed by atoms with van der Waals surface area (Å²) < 4.78 is 13.1. The first-order chi connectivity index (χ1) is 11.9. The topological polar surface area (TPSA) is 57.3 Å². The number of urea groups is 1. The number of nitrogens with one attached hydrogen (secondary N) is 2. The summed E-state index contributed by atoms with van der Waals surface area (Å²) in [6.45, 7) is 1.28. The minimum absolute atomic E-state index is 0.0492. The number of aromatic nitrogens is 1. The molecule has 1 aromatic carbocycles. The molecular weight excluding hydrogens is 390 g/mol. The molecule has 132 valence electrons. The number of rotatable bonds is 3. The van der Waals surface area contributed by atoms with E-state index in [1.807, 2.05) is 4.90 Å². The number of nitrogens with zero attached hydrogens (tertiary/aromatic N) is 2. The zero-order valence-electron chi connectivity index (χ0n) is 12.9. The van der Waals surface area contributed by atoms with Gasteiger partial charge >= 0.3 is 6.03 Å². The van der Waals surface area contributed by atoms with Crippen LogP contribution in [0.5, 0.6) is 0 Å². The average Bonchev–Trinajstić information content (AvgIpc) is 2.98. The van der Waals surface area contributed by atoms with Crippen LogP contribution in [0.2, 0.25) is 15.1 Å². The van der Waals surface area contributed by atoms with Gasteiger partial charge in [0.05, 0.1) is 20.8 Å². The second-order valence-corrected chi connectivity index (χ2v) is 6.83. The van der Waals surface area contributed by atoms with Crippen LogP contribution in [0.25, 0.3) is 0 Å². The maximum Gasteiger partial charge on any atom is 0.319 e. The third-order valence-electron chi connectivity index (χ3n) is 3.85. The monoisotopic (exact) mass is 402 g/mol. The number of amides is 2. The summed E-state index contributed by atoms with van der Waals surface area (Å²) in [5.41, 5.74) is 1.13. The maximum absolute atomic E-state index is 13.1. The first-order valence-corrected chi connectivity index (χ1v) is 8.64. The van der Waals surface area contributed by atoms with Gasteiger partial charge in [-0.2, -0.15) is 0 Å². The van der Waals surface area contributed by atoms with Crippen molar-refractivity contribution >= 4 is 52.2 Å². The number of halogens is 4. The van der Waals surface area contributed by atoms with Crippen molar-refractivity contribution in [1.82, 2.24) is 10.3 Å². The van der Waals surface area contributed by atoms with Crippen LogP contribution in [0.4, 0.5) is 20.6 Å². The molecule has 1 aliphatic rings. The molecule has 1 aliphatic heterocycles. The Balaban J connectivity index is 1.59. The van der Waals surface area contributed by atoms with E-state index < -0.39 is 5.82 Å². The molecule has 0 saturated carbocycles. The minimum Gasteiger partial charge on any atom is -0.367 e. The van der Waals surface area contributed by atoms with E-state index in [-0.39, 0.29) is 17.1 Å². The number of pyridine rings is 1. The molecule has 0 bridgehead atoms. The predicted molar refractivity (Wildman–Crippen MR) is 98.4 cm³/mol. The zero-order valence-corrected chi connectivity index (χ0v) is 15.2. The Morgan fingerprint density at radius 1 is 1.20 bits per heavy atom. The number of hydrogen-bond acceptors (Lipinski definition) is 3. The van der Waals surface area contributed by atoms with E-state index in [1.165, 1.54) is 30.6 Å². The fourth-order valence-electron chi connectivity index (χ4n) is 2.71. The van der Waals surface area contributed by atoms with Crippen LogP contribution >= 0.6 is 34.8 Å². The highest BCUT2D eigenvalue weighted by Gasteiger charge is 2.27. The molecular formula is C16H14Cl3FN4O. The van der Waals surface area contributed by atoms with Crippen molar-refractivity contribution in [2.24, 2.45) is 0 Å². The summed E-state index contributed by atoms with van der Waals surface area (Å²) in [6, 6.07) is 3.53. The van der Waals surface area contributed by atoms with E-state index in [0.717, 1.165) is 6.42 Å². The van der Waals surface area contributed by atoms with Gasteiger partial charge in [-0.25, -0.2) is 9.18 Å². The molecule has 1 aromatic heterocycles. The number of carbonyl (C=O) groups excluding carboxylic acids is 1. The Kier molecular flexibility index (Phi) is 5.51. The summed E-state index contributed by atoms with van der Waals surface area (Å²) in [6.07, 6.45) is 3.82. The highest BCUT2D eigenvalue weighted by atomic mass is 35.5. The lowest BCUT2D eigenvalue weighted by atomic mass is 10.2. The Labute approximate surface area is 159 Å². The molecule has 25 heavy (non-hydrogen) atoms. The van der Waals surface area contributed by atoms with E-state index in [1.54, 1.807) is 0 Å². The maximum atomic E-state index is 13.1. The van der Waals surface area contributed by atoms with Crippen LogP contribution in [-0.2, 0) is 0 Å². The van der Waals surface area contributed by atoms with E-state index in [0.29, 0.717) is 34.5 Å². The first-order valence-electron chi connectivity index (χ1n) is 7.50. The Bertz CT molecular complexity index is 785. The van der Waals surface area contributed by atoms with Gasteiger partial charge in [-0.15, -0.1) is 0 Å². The molecule has 3 rings (SSSR count). The number of anilines is 2. The van der Waals surface area contributed by atoms with Crippen LogP contribution in [0.3, 0.4) is 0 Å². The Morgan fingerprint density at radius 2 is 1.92 bits per heavy atom. The van der Waals surface area contributed by atoms with E-state index in [4.69, 9.17) is 34.8 Å². The third-order valence-corrected chi connectivity index (χ3v) is 4.69. The van der Waals surface area contributed by atoms with Crippen molar-refractivity contribution in [2.75, 3.05) is 23.3 Å². The molecule has 5 nitrogen and oxygen atoms in total. The molecule has 1 fully saturated rings. The number of carbonyl (C=O) groups is 1. The molecule has 0 aliphatic carbocycles. The molecule has 2 amide bonds. The highest BCUT2D eigenvalue weighted by Crippen LogP contribution is 2.34. The predicted octanol–water partition coefficient (Wildman–Crippen LogP) is 4.58. The lowest BCUT2D eigenvalue weighted by Crippen LogP contribution is -2.39. The SMILES string of the molecule is O=C(Nc1ccc(F)c(Cl)c1)N[C@@H]1CCN(c2c(Cl)cncc2Cl)C1. The van der Waals surface area contributed by atoms with Crippen LogP contribution < -0.4 is 15.5 Å². The lowest BCUT2D eigenvalue weighted by molar-refractivity contribution is 0.249. The summed E-state index contributed by atoms with van der Waals surface area (Å²) in [5, 5.41) is 6.39. The summed E-state index contributed by atoms with van der Waals surface area (Å²) >= 11 is 18.0. The number of hydrogen-bond donors (Lipinski definition) is 2. The van der Waals surface area contributed by atoms with E-state index in [2.05, 4.69) is 15.6 Å². The van der Waals surface area contributed by atoms with Gasteiger partial charge in [-0.1, -0.05) is 34.8 Å². The Morgan fingerprint density at radius 3 is 2.60 bits per heavy atom. The van der Waals surface area contributed by atoms with Gasteiger partial charge in [0.1, 0.15) is 5.82 Å². The molecule has 0 spiro atoms. The number of benzene rings is 1. The van der Waals surface area contributed by atoms with Gasteiger partial charge in [-0.3, -0.25) is 4.98 Å². The normalized spacial score (nSPS) is 16.8. The standard InChI is InChI=1S/C16H14Cl3FN4O/c17-11-5-9(1-2-14(11)20)22-16(25)23-10-3-4-24(8-10)15-12(18)6-21-7-13(15)19/h1-2,5-7,10H,3-4,8H2,(H2,22,23,25)/t10-/m1/s1. The third kappa shape index (κ3) is 4.26. The van der Waals surface area contributed by atoms with Crippen LogP contribution in [0, 0.1) is 5.82 Å². The van der Waals surface area contributed by atoms with Crippen LogP contribution in [-0.4, -0.2) is 30.1 Å². The molecule has 2 heterocycles. The van der Waals surface area contributed by atoms with Crippen LogP contribution in [0.1, 0.15) is 6.42 Å². The summed E-state index contributed by atoms with van der Waals surface area (Å²) in [5.74, 6) is -0.537. The molecule has 0 radical (unpaired) electrons. The summed E-state index contributed by atoms with van der Waals surface area (Å²) in [4.78, 5) is 18.0. The van der Waals surface area contributed by atoms with E-state index in [9.17, 15) is 9.18 Å². The smallest absolute Gasteiger partial charge is 0.319 e. The van der Waals surface area contributed by atoms with Gasteiger partial charge in [0.25, 0.3) is 0 Å². The second-order valence-electron chi connectivity index (χ2n) is 5.61. The minimum atomic E-state index is -0.537. The van der Waals surface area contributed by atoms with Crippen molar-refractivity contribution in [1.29, 1.82) is 0 Å². The van der Waals surface area contributed by atoms with Crippen molar-refractivity contribution in [3.63, 3.8) is 0 Å². The fourth-order valence-corrected chi connectivity index (χ4v) is 3.50. The van der Waals surface area contributed by atoms with Crippen molar-refractivity contribution in [2.45, 2.75) is 12.5 Å². The zero-order chi connectivity index (χ0) is 18.0. The van der Waals surface area contributed by atoms with Gasteiger partial charge in [0.2, 0.25) is 0 Å². The fraction of sp³-hybridized carbons (Fsp3) is 0.250. The van der Waals surface area contributed by atoms with Crippen molar-refractivity contribution in [3.8, 4) is 0 Å². The average molecular weight is 404 g/mol. The van der Waals surface area contributed by atoms with Crippen molar-refractivity contribution < 1.29 is 9.18 Å².